The lowest BCUT2D eigenvalue weighted by molar-refractivity contribution is 0.164. The van der Waals surface area contributed by atoms with Crippen LogP contribution < -0.4 is 5.32 Å². The van der Waals surface area contributed by atoms with Crippen molar-refractivity contribution in [2.45, 2.75) is 33.7 Å². The Balaban J connectivity index is 0.000000561. The maximum Gasteiger partial charge on any atom is 0.0342 e. The molecular formula is C10H24N2. The van der Waals surface area contributed by atoms with E-state index in [0.29, 0.717) is 0 Å². The number of nitrogens with one attached hydrogen (secondary N) is 1. The summed E-state index contributed by atoms with van der Waals surface area (Å²) in [6.45, 7) is 12.1. The van der Waals surface area contributed by atoms with Gasteiger partial charge < -0.3 is 10.2 Å². The van der Waals surface area contributed by atoms with Crippen molar-refractivity contribution in [3.8, 4) is 0 Å². The monoisotopic (exact) mass is 172 g/mol. The quantitative estimate of drug-likeness (QED) is 0.695. The van der Waals surface area contributed by atoms with Crippen molar-refractivity contribution in [2.75, 3.05) is 26.7 Å². The molecule has 0 amide bonds. The fourth-order valence-electron chi connectivity index (χ4n) is 1.31. The third-order valence-corrected chi connectivity index (χ3v) is 2.04. The normalized spacial score (nSPS) is 17.2. The van der Waals surface area contributed by atoms with Gasteiger partial charge in [0.2, 0.25) is 0 Å². The van der Waals surface area contributed by atoms with Crippen LogP contribution in [0.5, 0.6) is 0 Å². The Kier molecular flexibility index (Phi) is 6.39. The number of hydrogen-bond donors (Lipinski definition) is 1. The van der Waals surface area contributed by atoms with E-state index < -0.39 is 0 Å². The molecule has 0 radical (unpaired) electrons. The van der Waals surface area contributed by atoms with E-state index in [4.69, 9.17) is 0 Å². The van der Waals surface area contributed by atoms with Gasteiger partial charge in [-0.25, -0.2) is 0 Å². The van der Waals surface area contributed by atoms with Crippen LogP contribution in [0.25, 0.3) is 0 Å². The van der Waals surface area contributed by atoms with Crippen LogP contribution in [0.3, 0.4) is 0 Å². The average Bonchev–Trinajstić information content (AvgIpc) is 1.85. The summed E-state index contributed by atoms with van der Waals surface area (Å²) in [6, 6.07) is 0.808. The molecule has 2 nitrogen and oxygen atoms in total. The summed E-state index contributed by atoms with van der Waals surface area (Å²) in [6.07, 6.45) is 0. The first kappa shape index (κ1) is 11.9. The van der Waals surface area contributed by atoms with E-state index in [1.165, 1.54) is 19.6 Å². The van der Waals surface area contributed by atoms with Crippen molar-refractivity contribution < 1.29 is 0 Å². The van der Waals surface area contributed by atoms with Crippen molar-refractivity contribution in [1.82, 2.24) is 10.2 Å². The van der Waals surface area contributed by atoms with Crippen LogP contribution in [-0.2, 0) is 0 Å². The Morgan fingerprint density at radius 2 is 1.83 bits per heavy atom. The standard InChI is InChI=1S/C8H18N2.C2H6/c1-7(2)6-10(3)8-4-9-5-8;1-2/h7-9H,4-6H2,1-3H3;1-2H3. The van der Waals surface area contributed by atoms with Gasteiger partial charge in [0.25, 0.3) is 0 Å². The third kappa shape index (κ3) is 4.07. The van der Waals surface area contributed by atoms with Crippen molar-refractivity contribution >= 4 is 0 Å². The fraction of sp³-hybridized carbons (Fsp3) is 1.00. The van der Waals surface area contributed by atoms with E-state index in [9.17, 15) is 0 Å². The number of rotatable bonds is 3. The van der Waals surface area contributed by atoms with Crippen LogP contribution in [0, 0.1) is 5.92 Å². The molecule has 2 heteroatoms. The van der Waals surface area contributed by atoms with Gasteiger partial charge in [0, 0.05) is 25.7 Å². The lowest BCUT2D eigenvalue weighted by Gasteiger charge is -2.36. The van der Waals surface area contributed by atoms with Gasteiger partial charge in [0.1, 0.15) is 0 Å². The maximum absolute atomic E-state index is 3.27. The van der Waals surface area contributed by atoms with Gasteiger partial charge in [-0.2, -0.15) is 0 Å². The molecule has 74 valence electrons. The van der Waals surface area contributed by atoms with E-state index in [2.05, 4.69) is 31.1 Å². The van der Waals surface area contributed by atoms with E-state index in [-0.39, 0.29) is 0 Å². The lowest BCUT2D eigenvalue weighted by atomic mass is 10.1. The molecule has 1 aliphatic heterocycles. The molecule has 0 atom stereocenters. The smallest absolute Gasteiger partial charge is 0.0342 e. The predicted molar refractivity (Wildman–Crippen MR) is 55.5 cm³/mol. The Hall–Kier alpha value is -0.0800. The van der Waals surface area contributed by atoms with Crippen LogP contribution in [0.2, 0.25) is 0 Å². The van der Waals surface area contributed by atoms with Gasteiger partial charge >= 0.3 is 0 Å². The summed E-state index contributed by atoms with van der Waals surface area (Å²) in [7, 11) is 2.21. The molecule has 1 N–H and O–H groups in total. The van der Waals surface area contributed by atoms with Crippen LogP contribution >= 0.6 is 0 Å². The minimum absolute atomic E-state index is 0.797. The molecule has 0 unspecified atom stereocenters. The van der Waals surface area contributed by atoms with Gasteiger partial charge in [-0.15, -0.1) is 0 Å². The first-order chi connectivity index (χ1) is 5.70. The zero-order valence-electron chi connectivity index (χ0n) is 9.22. The SMILES string of the molecule is CC.CC(C)CN(C)C1CNC1. The second-order valence-corrected chi connectivity index (χ2v) is 3.65. The van der Waals surface area contributed by atoms with E-state index in [1.54, 1.807) is 0 Å². The second-order valence-electron chi connectivity index (χ2n) is 3.65. The summed E-state index contributed by atoms with van der Waals surface area (Å²) < 4.78 is 0. The second kappa shape index (κ2) is 6.44. The van der Waals surface area contributed by atoms with Crippen LogP contribution in [0.1, 0.15) is 27.7 Å². The molecule has 0 aliphatic carbocycles. The highest BCUT2D eigenvalue weighted by Gasteiger charge is 2.21. The van der Waals surface area contributed by atoms with Gasteiger partial charge in [-0.3, -0.25) is 0 Å². The molecular weight excluding hydrogens is 148 g/mol. The van der Waals surface area contributed by atoms with Gasteiger partial charge in [0.15, 0.2) is 0 Å². The molecule has 1 aliphatic rings. The topological polar surface area (TPSA) is 15.3 Å². The van der Waals surface area contributed by atoms with Crippen LogP contribution in [-0.4, -0.2) is 37.6 Å². The zero-order valence-corrected chi connectivity index (χ0v) is 9.22. The minimum Gasteiger partial charge on any atom is -0.314 e. The molecule has 0 saturated carbocycles. The molecule has 0 aromatic carbocycles. The fourth-order valence-corrected chi connectivity index (χ4v) is 1.31. The Labute approximate surface area is 77.3 Å². The largest absolute Gasteiger partial charge is 0.314 e. The van der Waals surface area contributed by atoms with Crippen molar-refractivity contribution in [2.24, 2.45) is 5.92 Å². The summed E-state index contributed by atoms with van der Waals surface area (Å²) >= 11 is 0. The van der Waals surface area contributed by atoms with Crippen molar-refractivity contribution in [1.29, 1.82) is 0 Å². The molecule has 0 bridgehead atoms. The summed E-state index contributed by atoms with van der Waals surface area (Å²) in [5, 5.41) is 3.27. The van der Waals surface area contributed by atoms with E-state index in [0.717, 1.165) is 12.0 Å². The molecule has 1 fully saturated rings. The predicted octanol–water partition coefficient (Wildman–Crippen LogP) is 1.57. The number of nitrogens with zero attached hydrogens (tertiary/aromatic N) is 1. The van der Waals surface area contributed by atoms with E-state index >= 15 is 0 Å². The van der Waals surface area contributed by atoms with Crippen LogP contribution in [0.15, 0.2) is 0 Å². The zero-order chi connectivity index (χ0) is 9.56. The number of hydrogen-bond acceptors (Lipinski definition) is 2. The average molecular weight is 172 g/mol. The minimum atomic E-state index is 0.797. The molecule has 1 saturated heterocycles. The maximum atomic E-state index is 3.27. The van der Waals surface area contributed by atoms with E-state index in [1.807, 2.05) is 13.8 Å². The van der Waals surface area contributed by atoms with Gasteiger partial charge in [0.05, 0.1) is 0 Å². The summed E-state index contributed by atoms with van der Waals surface area (Å²) in [4.78, 5) is 2.45. The molecule has 0 aromatic heterocycles. The Morgan fingerprint density at radius 1 is 1.33 bits per heavy atom. The molecule has 0 aromatic rings. The third-order valence-electron chi connectivity index (χ3n) is 2.04. The Bertz CT molecular complexity index is 98.0. The highest BCUT2D eigenvalue weighted by Crippen LogP contribution is 2.04. The van der Waals surface area contributed by atoms with Crippen LogP contribution in [0.4, 0.5) is 0 Å². The highest BCUT2D eigenvalue weighted by atomic mass is 15.2. The highest BCUT2D eigenvalue weighted by molar-refractivity contribution is 4.82. The molecule has 1 heterocycles. The van der Waals surface area contributed by atoms with Gasteiger partial charge in [-0.05, 0) is 13.0 Å². The summed E-state index contributed by atoms with van der Waals surface area (Å²) in [5.74, 6) is 0.797. The summed E-state index contributed by atoms with van der Waals surface area (Å²) in [5.41, 5.74) is 0. The van der Waals surface area contributed by atoms with Gasteiger partial charge in [-0.1, -0.05) is 27.7 Å². The van der Waals surface area contributed by atoms with Crippen molar-refractivity contribution in [3.63, 3.8) is 0 Å². The Morgan fingerprint density at radius 3 is 2.08 bits per heavy atom. The molecule has 12 heavy (non-hydrogen) atoms. The van der Waals surface area contributed by atoms with Crippen molar-refractivity contribution in [3.05, 3.63) is 0 Å². The molecule has 0 spiro atoms. The first-order valence-electron chi connectivity index (χ1n) is 5.11. The first-order valence-corrected chi connectivity index (χ1v) is 5.11. The lowest BCUT2D eigenvalue weighted by Crippen LogP contribution is -2.56. The molecule has 1 rings (SSSR count). The number of likely N-dealkylation sites (N-methyl/N-ethyl adjacent to an activating group) is 1.